The third kappa shape index (κ3) is 2.60. The molecule has 5 nitrogen and oxygen atoms in total. The van der Waals surface area contributed by atoms with E-state index in [2.05, 4.69) is 0 Å². The van der Waals surface area contributed by atoms with E-state index in [1.165, 1.54) is 24.3 Å². The Morgan fingerprint density at radius 1 is 1.47 bits per heavy atom. The second-order valence-corrected chi connectivity index (χ2v) is 3.09. The van der Waals surface area contributed by atoms with E-state index >= 15 is 0 Å². The predicted molar refractivity (Wildman–Crippen MR) is 53.7 cm³/mol. The summed E-state index contributed by atoms with van der Waals surface area (Å²) in [6, 6.07) is 5.18. The summed E-state index contributed by atoms with van der Waals surface area (Å²) in [6.07, 6.45) is -0.707. The third-order valence-electron chi connectivity index (χ3n) is 2.05. The van der Waals surface area contributed by atoms with Crippen LogP contribution in [0.2, 0.25) is 0 Å². The number of hydrogen-bond donors (Lipinski definition) is 1. The van der Waals surface area contributed by atoms with E-state index in [1.54, 1.807) is 6.92 Å². The van der Waals surface area contributed by atoms with Gasteiger partial charge < -0.3 is 5.11 Å². The number of non-ortho nitro benzene ring substituents is 1. The number of hydrogen-bond acceptors (Lipinski definition) is 4. The number of carbonyl (C=O) groups excluding carboxylic acids is 1. The zero-order chi connectivity index (χ0) is 11.4. The van der Waals surface area contributed by atoms with E-state index in [4.69, 9.17) is 0 Å². The van der Waals surface area contributed by atoms with Crippen LogP contribution in [-0.2, 0) is 0 Å². The van der Waals surface area contributed by atoms with Gasteiger partial charge in [0.05, 0.1) is 4.92 Å². The summed E-state index contributed by atoms with van der Waals surface area (Å²) in [7, 11) is 0. The van der Waals surface area contributed by atoms with Gasteiger partial charge in [-0.3, -0.25) is 14.9 Å². The summed E-state index contributed by atoms with van der Waals surface area (Å²) >= 11 is 0. The molecule has 0 spiro atoms. The lowest BCUT2D eigenvalue weighted by atomic mass is 10.0. The van der Waals surface area contributed by atoms with Gasteiger partial charge in [-0.2, -0.15) is 0 Å². The number of nitro benzene ring substituents is 1. The number of ketones is 1. The van der Waals surface area contributed by atoms with Gasteiger partial charge in [-0.1, -0.05) is 6.92 Å². The fourth-order valence-corrected chi connectivity index (χ4v) is 1.13. The van der Waals surface area contributed by atoms with Crippen LogP contribution in [0.4, 0.5) is 5.69 Å². The van der Waals surface area contributed by atoms with Crippen molar-refractivity contribution in [3.05, 3.63) is 39.9 Å². The van der Waals surface area contributed by atoms with E-state index in [0.717, 1.165) is 0 Å². The van der Waals surface area contributed by atoms with Crippen LogP contribution in [0.1, 0.15) is 23.7 Å². The Kier molecular flexibility index (Phi) is 3.51. The van der Waals surface area contributed by atoms with E-state index in [0.29, 0.717) is 6.42 Å². The number of benzene rings is 1. The maximum absolute atomic E-state index is 11.4. The first-order valence-electron chi connectivity index (χ1n) is 4.53. The first-order valence-corrected chi connectivity index (χ1v) is 4.53. The number of nitrogens with zero attached hydrogens (tertiary/aromatic N) is 1. The van der Waals surface area contributed by atoms with Crippen LogP contribution in [0.3, 0.4) is 0 Å². The molecule has 0 aliphatic heterocycles. The quantitative estimate of drug-likeness (QED) is 0.463. The standard InChI is InChI=1S/C10H11NO4/c1-2-9(12)10(13)7-3-5-8(6-4-7)11(14)15/h3-6,9,12H,2H2,1H3. The third-order valence-corrected chi connectivity index (χ3v) is 2.05. The maximum atomic E-state index is 11.4. The number of carbonyl (C=O) groups is 1. The SMILES string of the molecule is CCC(O)C(=O)c1ccc([N+](=O)[O-])cc1. The zero-order valence-corrected chi connectivity index (χ0v) is 8.21. The number of Topliss-reactive ketones (excluding diaryl/α,β-unsaturated/α-hetero) is 1. The van der Waals surface area contributed by atoms with E-state index in [1.807, 2.05) is 0 Å². The number of aliphatic hydroxyl groups is 1. The Morgan fingerprint density at radius 2 is 2.00 bits per heavy atom. The topological polar surface area (TPSA) is 80.4 Å². The van der Waals surface area contributed by atoms with Gasteiger partial charge in [0.25, 0.3) is 5.69 Å². The molecule has 0 amide bonds. The minimum absolute atomic E-state index is 0.0717. The minimum atomic E-state index is -1.04. The highest BCUT2D eigenvalue weighted by atomic mass is 16.6. The van der Waals surface area contributed by atoms with Crippen molar-refractivity contribution in [3.8, 4) is 0 Å². The molecule has 5 heteroatoms. The number of aliphatic hydroxyl groups excluding tert-OH is 1. The summed E-state index contributed by atoms with van der Waals surface area (Å²) < 4.78 is 0. The molecule has 0 bridgehead atoms. The Labute approximate surface area is 86.5 Å². The Hall–Kier alpha value is -1.75. The van der Waals surface area contributed by atoms with Crippen LogP contribution in [0.25, 0.3) is 0 Å². The summed E-state index contributed by atoms with van der Waals surface area (Å²) in [4.78, 5) is 21.2. The predicted octanol–water partition coefficient (Wildman–Crippen LogP) is 1.55. The first kappa shape index (κ1) is 11.3. The molecule has 0 aromatic heterocycles. The molecule has 15 heavy (non-hydrogen) atoms. The highest BCUT2D eigenvalue weighted by molar-refractivity contribution is 5.99. The fraction of sp³-hybridized carbons (Fsp3) is 0.300. The molecule has 0 saturated carbocycles. The maximum Gasteiger partial charge on any atom is 0.269 e. The molecule has 1 aromatic rings. The molecule has 0 heterocycles. The van der Waals surface area contributed by atoms with Crippen molar-refractivity contribution in [3.63, 3.8) is 0 Å². The average Bonchev–Trinajstić information content (AvgIpc) is 2.27. The smallest absolute Gasteiger partial charge is 0.269 e. The van der Waals surface area contributed by atoms with Crippen molar-refractivity contribution in [1.29, 1.82) is 0 Å². The van der Waals surface area contributed by atoms with E-state index in [9.17, 15) is 20.0 Å². The lowest BCUT2D eigenvalue weighted by molar-refractivity contribution is -0.384. The molecule has 0 fully saturated rings. The molecule has 1 aromatic carbocycles. The van der Waals surface area contributed by atoms with Crippen LogP contribution in [0, 0.1) is 10.1 Å². The Balaban J connectivity index is 2.89. The lowest BCUT2D eigenvalue weighted by Gasteiger charge is -2.05. The van der Waals surface area contributed by atoms with Crippen LogP contribution in [0.15, 0.2) is 24.3 Å². The summed E-state index contributed by atoms with van der Waals surface area (Å²) in [5.41, 5.74) is 0.215. The molecule has 1 unspecified atom stereocenters. The first-order chi connectivity index (χ1) is 7.06. The average molecular weight is 209 g/mol. The van der Waals surface area contributed by atoms with Crippen LogP contribution >= 0.6 is 0 Å². The molecule has 0 radical (unpaired) electrons. The van der Waals surface area contributed by atoms with Gasteiger partial charge in [-0.25, -0.2) is 0 Å². The number of nitro groups is 1. The molecule has 1 rings (SSSR count). The Bertz CT molecular complexity index is 372. The van der Waals surface area contributed by atoms with Gasteiger partial charge in [0, 0.05) is 17.7 Å². The normalized spacial score (nSPS) is 12.1. The van der Waals surface area contributed by atoms with E-state index < -0.39 is 16.8 Å². The Morgan fingerprint density at radius 3 is 2.40 bits per heavy atom. The van der Waals surface area contributed by atoms with Crippen molar-refractivity contribution in [2.24, 2.45) is 0 Å². The van der Waals surface area contributed by atoms with Crippen molar-refractivity contribution < 1.29 is 14.8 Å². The van der Waals surface area contributed by atoms with Gasteiger partial charge in [0.15, 0.2) is 5.78 Å². The van der Waals surface area contributed by atoms with Gasteiger partial charge in [-0.15, -0.1) is 0 Å². The molecule has 0 saturated heterocycles. The molecule has 1 N–H and O–H groups in total. The fourth-order valence-electron chi connectivity index (χ4n) is 1.13. The lowest BCUT2D eigenvalue weighted by Crippen LogP contribution is -2.19. The molecular weight excluding hydrogens is 198 g/mol. The molecule has 1 atom stereocenters. The largest absolute Gasteiger partial charge is 0.385 e. The van der Waals surface area contributed by atoms with Gasteiger partial charge in [0.1, 0.15) is 6.10 Å². The molecule has 80 valence electrons. The van der Waals surface area contributed by atoms with Gasteiger partial charge in [0.2, 0.25) is 0 Å². The second kappa shape index (κ2) is 4.65. The van der Waals surface area contributed by atoms with Crippen molar-refractivity contribution >= 4 is 11.5 Å². The zero-order valence-electron chi connectivity index (χ0n) is 8.21. The monoisotopic (exact) mass is 209 g/mol. The highest BCUT2D eigenvalue weighted by Gasteiger charge is 2.15. The molecule has 0 aliphatic carbocycles. The highest BCUT2D eigenvalue weighted by Crippen LogP contribution is 2.13. The van der Waals surface area contributed by atoms with Crippen LogP contribution < -0.4 is 0 Å². The van der Waals surface area contributed by atoms with Crippen molar-refractivity contribution in [2.45, 2.75) is 19.4 Å². The summed E-state index contributed by atoms with van der Waals surface area (Å²) in [6.45, 7) is 1.69. The van der Waals surface area contributed by atoms with Crippen LogP contribution in [0.5, 0.6) is 0 Å². The summed E-state index contributed by atoms with van der Waals surface area (Å²) in [5.74, 6) is -0.410. The van der Waals surface area contributed by atoms with Crippen molar-refractivity contribution in [2.75, 3.05) is 0 Å². The molecular formula is C10H11NO4. The second-order valence-electron chi connectivity index (χ2n) is 3.09. The van der Waals surface area contributed by atoms with Crippen molar-refractivity contribution in [1.82, 2.24) is 0 Å². The number of rotatable bonds is 4. The van der Waals surface area contributed by atoms with Crippen LogP contribution in [-0.4, -0.2) is 21.9 Å². The minimum Gasteiger partial charge on any atom is -0.385 e. The van der Waals surface area contributed by atoms with E-state index in [-0.39, 0.29) is 11.3 Å². The molecule has 0 aliphatic rings. The van der Waals surface area contributed by atoms with Gasteiger partial charge >= 0.3 is 0 Å². The van der Waals surface area contributed by atoms with Gasteiger partial charge in [-0.05, 0) is 18.6 Å². The summed E-state index contributed by atoms with van der Waals surface area (Å²) in [5, 5.41) is 19.6.